The number of nitrogens with one attached hydrogen (secondary N) is 1. The van der Waals surface area contributed by atoms with Gasteiger partial charge < -0.3 is 11.1 Å². The van der Waals surface area contributed by atoms with Crippen molar-refractivity contribution in [1.82, 2.24) is 5.32 Å². The molecule has 1 aliphatic rings. The number of halogens is 2. The number of hydrogen-bond acceptors (Lipinski definition) is 2. The molecule has 1 fully saturated rings. The summed E-state index contributed by atoms with van der Waals surface area (Å²) in [6.07, 6.45) is 1.13. The lowest BCUT2D eigenvalue weighted by molar-refractivity contribution is -0.123. The second-order valence-corrected chi connectivity index (χ2v) is 4.76. The van der Waals surface area contributed by atoms with E-state index in [1.165, 1.54) is 0 Å². The van der Waals surface area contributed by atoms with E-state index in [4.69, 9.17) is 28.9 Å². The van der Waals surface area contributed by atoms with Crippen LogP contribution in [0.15, 0.2) is 18.2 Å². The van der Waals surface area contributed by atoms with Gasteiger partial charge >= 0.3 is 0 Å². The predicted octanol–water partition coefficient (Wildman–Crippen LogP) is 2.27. The quantitative estimate of drug-likeness (QED) is 0.812. The molecule has 86 valence electrons. The minimum atomic E-state index is -0.243. The van der Waals surface area contributed by atoms with E-state index in [1.807, 2.05) is 0 Å². The van der Waals surface area contributed by atoms with Gasteiger partial charge in [0.05, 0.1) is 6.04 Å². The molecule has 16 heavy (non-hydrogen) atoms. The summed E-state index contributed by atoms with van der Waals surface area (Å²) in [5, 5.41) is 4.01. The fourth-order valence-electron chi connectivity index (χ4n) is 1.88. The molecule has 0 radical (unpaired) electrons. The Bertz CT molecular complexity index is 422. The van der Waals surface area contributed by atoms with Crippen LogP contribution in [-0.4, -0.2) is 11.9 Å². The highest BCUT2D eigenvalue weighted by atomic mass is 35.5. The summed E-state index contributed by atoms with van der Waals surface area (Å²) in [6, 6.07) is 4.82. The van der Waals surface area contributed by atoms with Crippen LogP contribution in [-0.2, 0) is 4.79 Å². The smallest absolute Gasteiger partial charge is 0.220 e. The van der Waals surface area contributed by atoms with Crippen molar-refractivity contribution < 1.29 is 4.79 Å². The zero-order valence-corrected chi connectivity index (χ0v) is 10.1. The molecule has 1 saturated heterocycles. The van der Waals surface area contributed by atoms with Gasteiger partial charge in [0, 0.05) is 22.5 Å². The Morgan fingerprint density at radius 3 is 2.88 bits per heavy atom. The first kappa shape index (κ1) is 11.7. The molecule has 0 saturated carbocycles. The number of carbonyl (C=O) groups is 1. The molecule has 1 aromatic carbocycles. The van der Waals surface area contributed by atoms with Crippen LogP contribution in [0.3, 0.4) is 0 Å². The highest BCUT2D eigenvalue weighted by Gasteiger charge is 2.28. The van der Waals surface area contributed by atoms with Crippen LogP contribution in [0.4, 0.5) is 0 Å². The van der Waals surface area contributed by atoms with Crippen molar-refractivity contribution >= 4 is 29.1 Å². The van der Waals surface area contributed by atoms with E-state index in [-0.39, 0.29) is 18.0 Å². The van der Waals surface area contributed by atoms with Crippen LogP contribution in [0, 0.1) is 0 Å². The summed E-state index contributed by atoms with van der Waals surface area (Å²) in [6.45, 7) is 0. The number of piperidine rings is 1. The van der Waals surface area contributed by atoms with Crippen LogP contribution in [0.1, 0.15) is 24.4 Å². The lowest BCUT2D eigenvalue weighted by Gasteiger charge is -2.30. The van der Waals surface area contributed by atoms with Crippen LogP contribution in [0.2, 0.25) is 10.0 Å². The minimum absolute atomic E-state index is 0.00254. The Morgan fingerprint density at radius 2 is 2.12 bits per heavy atom. The van der Waals surface area contributed by atoms with E-state index in [2.05, 4.69) is 5.32 Å². The van der Waals surface area contributed by atoms with Gasteiger partial charge in [-0.1, -0.05) is 23.2 Å². The number of nitrogens with two attached hydrogens (primary N) is 1. The van der Waals surface area contributed by atoms with Gasteiger partial charge in [0.2, 0.25) is 5.91 Å². The van der Waals surface area contributed by atoms with Gasteiger partial charge in [0.1, 0.15) is 0 Å². The van der Waals surface area contributed by atoms with E-state index >= 15 is 0 Å². The predicted molar refractivity (Wildman–Crippen MR) is 64.6 cm³/mol. The molecule has 0 bridgehead atoms. The summed E-state index contributed by atoms with van der Waals surface area (Å²) < 4.78 is 0. The van der Waals surface area contributed by atoms with Crippen molar-refractivity contribution in [1.29, 1.82) is 0 Å². The van der Waals surface area contributed by atoms with Crippen molar-refractivity contribution in [2.24, 2.45) is 5.73 Å². The van der Waals surface area contributed by atoms with Crippen molar-refractivity contribution in [3.63, 3.8) is 0 Å². The lowest BCUT2D eigenvalue weighted by Crippen LogP contribution is -2.45. The maximum absolute atomic E-state index is 11.3. The number of benzene rings is 1. The molecule has 0 aliphatic carbocycles. The SMILES string of the molecule is NC1CCC(=O)NC1c1cc(Cl)ccc1Cl. The Morgan fingerprint density at radius 1 is 1.38 bits per heavy atom. The third-order valence-corrected chi connectivity index (χ3v) is 3.32. The standard InChI is InChI=1S/C11H12Cl2N2O/c12-6-1-2-8(13)7(5-6)11-9(14)3-4-10(16)15-11/h1-2,5,9,11H,3-4,14H2,(H,15,16). The molecular weight excluding hydrogens is 247 g/mol. The van der Waals surface area contributed by atoms with Gasteiger partial charge in [-0.2, -0.15) is 0 Å². The molecule has 1 heterocycles. The summed E-state index contributed by atoms with van der Waals surface area (Å²) >= 11 is 12.0. The summed E-state index contributed by atoms with van der Waals surface area (Å²) in [7, 11) is 0. The number of rotatable bonds is 1. The fraction of sp³-hybridized carbons (Fsp3) is 0.364. The summed E-state index contributed by atoms with van der Waals surface area (Å²) in [5.41, 5.74) is 6.76. The molecule has 1 aliphatic heterocycles. The molecule has 1 aromatic rings. The molecule has 0 aromatic heterocycles. The third kappa shape index (κ3) is 2.32. The molecule has 0 spiro atoms. The third-order valence-electron chi connectivity index (χ3n) is 2.74. The Labute approximate surface area is 104 Å². The Balaban J connectivity index is 2.34. The van der Waals surface area contributed by atoms with Gasteiger partial charge in [-0.3, -0.25) is 4.79 Å². The monoisotopic (exact) mass is 258 g/mol. The summed E-state index contributed by atoms with van der Waals surface area (Å²) in [4.78, 5) is 11.3. The Kier molecular flexibility index (Phi) is 3.38. The second kappa shape index (κ2) is 4.62. The van der Waals surface area contributed by atoms with Crippen LogP contribution in [0.25, 0.3) is 0 Å². The van der Waals surface area contributed by atoms with Crippen LogP contribution >= 0.6 is 23.2 Å². The maximum atomic E-state index is 11.3. The van der Waals surface area contributed by atoms with E-state index in [9.17, 15) is 4.79 Å². The first-order valence-corrected chi connectivity index (χ1v) is 5.83. The molecule has 1 amide bonds. The maximum Gasteiger partial charge on any atom is 0.220 e. The Hall–Kier alpha value is -0.770. The first-order valence-electron chi connectivity index (χ1n) is 5.08. The van der Waals surface area contributed by atoms with Crippen molar-refractivity contribution in [2.45, 2.75) is 24.9 Å². The highest BCUT2D eigenvalue weighted by Crippen LogP contribution is 2.30. The minimum Gasteiger partial charge on any atom is -0.348 e. The first-order chi connectivity index (χ1) is 7.58. The molecule has 2 unspecified atom stereocenters. The largest absolute Gasteiger partial charge is 0.348 e. The van der Waals surface area contributed by atoms with Crippen LogP contribution < -0.4 is 11.1 Å². The van der Waals surface area contributed by atoms with Gasteiger partial charge in [-0.05, 0) is 30.2 Å². The van der Waals surface area contributed by atoms with E-state index in [0.717, 1.165) is 5.56 Å². The zero-order chi connectivity index (χ0) is 11.7. The average molecular weight is 259 g/mol. The number of carbonyl (C=O) groups excluding carboxylic acids is 1. The molecule has 2 rings (SSSR count). The highest BCUT2D eigenvalue weighted by molar-refractivity contribution is 6.33. The number of amides is 1. The van der Waals surface area contributed by atoms with Crippen molar-refractivity contribution in [3.05, 3.63) is 33.8 Å². The molecule has 3 N–H and O–H groups in total. The average Bonchev–Trinajstić information content (AvgIpc) is 2.25. The van der Waals surface area contributed by atoms with Crippen molar-refractivity contribution in [2.75, 3.05) is 0 Å². The lowest BCUT2D eigenvalue weighted by atomic mass is 9.93. The number of hydrogen-bond donors (Lipinski definition) is 2. The van der Waals surface area contributed by atoms with E-state index in [0.29, 0.717) is 22.9 Å². The second-order valence-electron chi connectivity index (χ2n) is 3.91. The zero-order valence-electron chi connectivity index (χ0n) is 8.54. The van der Waals surface area contributed by atoms with Gasteiger partial charge in [-0.15, -0.1) is 0 Å². The van der Waals surface area contributed by atoms with E-state index < -0.39 is 0 Å². The van der Waals surface area contributed by atoms with Crippen molar-refractivity contribution in [3.8, 4) is 0 Å². The van der Waals surface area contributed by atoms with Gasteiger partial charge in [-0.25, -0.2) is 0 Å². The van der Waals surface area contributed by atoms with E-state index in [1.54, 1.807) is 18.2 Å². The summed E-state index contributed by atoms with van der Waals surface area (Å²) in [5.74, 6) is 0.00254. The topological polar surface area (TPSA) is 55.1 Å². The fourth-order valence-corrected chi connectivity index (χ4v) is 2.29. The molecule has 3 nitrogen and oxygen atoms in total. The normalized spacial score (nSPS) is 25.3. The van der Waals surface area contributed by atoms with Crippen LogP contribution in [0.5, 0.6) is 0 Å². The molecular formula is C11H12Cl2N2O. The molecule has 2 atom stereocenters. The van der Waals surface area contributed by atoms with Gasteiger partial charge in [0.15, 0.2) is 0 Å². The van der Waals surface area contributed by atoms with Gasteiger partial charge in [0.25, 0.3) is 0 Å². The molecule has 5 heteroatoms.